The molecule has 1 aliphatic rings. The van der Waals surface area contributed by atoms with E-state index in [0.29, 0.717) is 0 Å². The molecule has 1 aromatic carbocycles. The predicted molar refractivity (Wildman–Crippen MR) is 61.6 cm³/mol. The second kappa shape index (κ2) is 4.77. The highest BCUT2D eigenvalue weighted by Crippen LogP contribution is 2.24. The third-order valence-electron chi connectivity index (χ3n) is 3.17. The highest BCUT2D eigenvalue weighted by molar-refractivity contribution is 5.34. The standard InChI is InChI=1S/C13H19NO/c1-10(14-15-2)12-8-7-11-5-3-4-6-13(11)9-12/h7-10,14H,3-6H2,1-2H3. The molecule has 0 spiro atoms. The summed E-state index contributed by atoms with van der Waals surface area (Å²) in [5.74, 6) is 0. The molecule has 15 heavy (non-hydrogen) atoms. The van der Waals surface area contributed by atoms with E-state index in [1.807, 2.05) is 0 Å². The van der Waals surface area contributed by atoms with Crippen molar-refractivity contribution in [3.05, 3.63) is 34.9 Å². The molecule has 1 aromatic rings. The Morgan fingerprint density at radius 1 is 1.20 bits per heavy atom. The zero-order valence-electron chi connectivity index (χ0n) is 9.55. The van der Waals surface area contributed by atoms with Crippen molar-refractivity contribution in [3.63, 3.8) is 0 Å². The fraction of sp³-hybridized carbons (Fsp3) is 0.538. The van der Waals surface area contributed by atoms with Crippen LogP contribution in [0.15, 0.2) is 18.2 Å². The molecular weight excluding hydrogens is 186 g/mol. The van der Waals surface area contributed by atoms with Gasteiger partial charge in [-0.25, -0.2) is 0 Å². The van der Waals surface area contributed by atoms with Crippen LogP contribution in [0.2, 0.25) is 0 Å². The van der Waals surface area contributed by atoms with Gasteiger partial charge in [-0.05, 0) is 49.3 Å². The maximum Gasteiger partial charge on any atom is 0.0572 e. The van der Waals surface area contributed by atoms with Crippen LogP contribution in [-0.2, 0) is 17.7 Å². The number of hydroxylamine groups is 1. The Morgan fingerprint density at radius 3 is 2.67 bits per heavy atom. The van der Waals surface area contributed by atoms with Crippen LogP contribution in [-0.4, -0.2) is 7.11 Å². The molecule has 0 heterocycles. The highest BCUT2D eigenvalue weighted by Gasteiger charge is 2.11. The number of rotatable bonds is 3. The largest absolute Gasteiger partial charge is 0.305 e. The lowest BCUT2D eigenvalue weighted by atomic mass is 9.89. The molecule has 0 saturated heterocycles. The summed E-state index contributed by atoms with van der Waals surface area (Å²) in [6.07, 6.45) is 5.17. The van der Waals surface area contributed by atoms with Gasteiger partial charge < -0.3 is 4.84 Å². The monoisotopic (exact) mass is 205 g/mol. The minimum atomic E-state index is 0.266. The van der Waals surface area contributed by atoms with Crippen LogP contribution >= 0.6 is 0 Å². The first-order valence-corrected chi connectivity index (χ1v) is 5.71. The summed E-state index contributed by atoms with van der Waals surface area (Å²) in [4.78, 5) is 4.95. The molecule has 2 rings (SSSR count). The van der Waals surface area contributed by atoms with E-state index in [1.54, 1.807) is 7.11 Å². The number of hydrogen-bond acceptors (Lipinski definition) is 2. The lowest BCUT2D eigenvalue weighted by Crippen LogP contribution is -2.17. The van der Waals surface area contributed by atoms with E-state index < -0.39 is 0 Å². The van der Waals surface area contributed by atoms with E-state index in [-0.39, 0.29) is 6.04 Å². The molecular formula is C13H19NO. The summed E-state index contributed by atoms with van der Waals surface area (Å²) in [6.45, 7) is 2.12. The lowest BCUT2D eigenvalue weighted by Gasteiger charge is -2.19. The first-order valence-electron chi connectivity index (χ1n) is 5.71. The summed E-state index contributed by atoms with van der Waals surface area (Å²) in [5.41, 5.74) is 7.35. The van der Waals surface area contributed by atoms with Crippen molar-refractivity contribution in [2.24, 2.45) is 0 Å². The molecule has 2 heteroatoms. The van der Waals surface area contributed by atoms with E-state index in [0.717, 1.165) is 0 Å². The summed E-state index contributed by atoms with van der Waals surface area (Å²) in [7, 11) is 1.66. The SMILES string of the molecule is CONC(C)c1ccc2c(c1)CCCC2. The Labute approximate surface area is 91.6 Å². The first kappa shape index (κ1) is 10.7. The van der Waals surface area contributed by atoms with Crippen LogP contribution < -0.4 is 5.48 Å². The molecule has 1 aliphatic carbocycles. The topological polar surface area (TPSA) is 21.3 Å². The van der Waals surface area contributed by atoms with Gasteiger partial charge in [0.25, 0.3) is 0 Å². The van der Waals surface area contributed by atoms with Crippen LogP contribution in [0, 0.1) is 0 Å². The second-order valence-electron chi connectivity index (χ2n) is 4.28. The average molecular weight is 205 g/mol. The molecule has 0 radical (unpaired) electrons. The van der Waals surface area contributed by atoms with E-state index in [1.165, 1.54) is 42.4 Å². The number of nitrogens with one attached hydrogen (secondary N) is 1. The third kappa shape index (κ3) is 2.39. The summed E-state index contributed by atoms with van der Waals surface area (Å²) in [5, 5.41) is 0. The fourth-order valence-corrected chi connectivity index (χ4v) is 2.27. The van der Waals surface area contributed by atoms with Gasteiger partial charge in [-0.2, -0.15) is 5.48 Å². The number of benzene rings is 1. The first-order chi connectivity index (χ1) is 7.31. The molecule has 0 amide bonds. The molecule has 1 atom stereocenters. The minimum Gasteiger partial charge on any atom is -0.305 e. The van der Waals surface area contributed by atoms with Gasteiger partial charge in [0.15, 0.2) is 0 Å². The Hall–Kier alpha value is -0.860. The maximum atomic E-state index is 4.95. The Kier molecular flexibility index (Phi) is 3.39. The molecule has 82 valence electrons. The van der Waals surface area contributed by atoms with E-state index in [4.69, 9.17) is 4.84 Å². The van der Waals surface area contributed by atoms with Crippen molar-refractivity contribution < 1.29 is 4.84 Å². The van der Waals surface area contributed by atoms with Crippen molar-refractivity contribution in [1.82, 2.24) is 5.48 Å². The Morgan fingerprint density at radius 2 is 1.93 bits per heavy atom. The normalized spacial score (nSPS) is 17.2. The van der Waals surface area contributed by atoms with Gasteiger partial charge in [0.2, 0.25) is 0 Å². The summed E-state index contributed by atoms with van der Waals surface area (Å²) >= 11 is 0. The fourth-order valence-electron chi connectivity index (χ4n) is 2.27. The molecule has 0 fully saturated rings. The van der Waals surface area contributed by atoms with Crippen molar-refractivity contribution in [2.75, 3.05) is 7.11 Å². The zero-order valence-corrected chi connectivity index (χ0v) is 9.55. The Bertz CT molecular complexity index is 335. The van der Waals surface area contributed by atoms with Gasteiger partial charge in [-0.1, -0.05) is 18.2 Å². The molecule has 0 bridgehead atoms. The lowest BCUT2D eigenvalue weighted by molar-refractivity contribution is 0.0658. The van der Waals surface area contributed by atoms with Crippen molar-refractivity contribution in [3.8, 4) is 0 Å². The summed E-state index contributed by atoms with van der Waals surface area (Å²) < 4.78 is 0. The number of hydrogen-bond donors (Lipinski definition) is 1. The van der Waals surface area contributed by atoms with Gasteiger partial charge in [0.1, 0.15) is 0 Å². The molecule has 2 nitrogen and oxygen atoms in total. The third-order valence-corrected chi connectivity index (χ3v) is 3.17. The summed E-state index contributed by atoms with van der Waals surface area (Å²) in [6, 6.07) is 7.08. The number of fused-ring (bicyclic) bond motifs is 1. The van der Waals surface area contributed by atoms with Gasteiger partial charge in [0, 0.05) is 0 Å². The highest BCUT2D eigenvalue weighted by atomic mass is 16.6. The molecule has 1 N–H and O–H groups in total. The smallest absolute Gasteiger partial charge is 0.0572 e. The van der Waals surface area contributed by atoms with Crippen molar-refractivity contribution >= 4 is 0 Å². The van der Waals surface area contributed by atoms with Gasteiger partial charge in [0.05, 0.1) is 13.2 Å². The van der Waals surface area contributed by atoms with Crippen LogP contribution in [0.3, 0.4) is 0 Å². The Balaban J connectivity index is 2.20. The van der Waals surface area contributed by atoms with Gasteiger partial charge in [-0.15, -0.1) is 0 Å². The second-order valence-corrected chi connectivity index (χ2v) is 4.28. The molecule has 0 aliphatic heterocycles. The van der Waals surface area contributed by atoms with E-state index in [2.05, 4.69) is 30.6 Å². The zero-order chi connectivity index (χ0) is 10.7. The van der Waals surface area contributed by atoms with Crippen molar-refractivity contribution in [1.29, 1.82) is 0 Å². The van der Waals surface area contributed by atoms with Crippen LogP contribution in [0.4, 0.5) is 0 Å². The van der Waals surface area contributed by atoms with Crippen LogP contribution in [0.1, 0.15) is 42.5 Å². The minimum absolute atomic E-state index is 0.266. The molecule has 1 unspecified atom stereocenters. The predicted octanol–water partition coefficient (Wildman–Crippen LogP) is 2.78. The number of aryl methyl sites for hydroxylation is 2. The van der Waals surface area contributed by atoms with Crippen molar-refractivity contribution in [2.45, 2.75) is 38.6 Å². The van der Waals surface area contributed by atoms with Crippen LogP contribution in [0.25, 0.3) is 0 Å². The van der Waals surface area contributed by atoms with Gasteiger partial charge in [-0.3, -0.25) is 0 Å². The molecule has 0 saturated carbocycles. The molecule has 0 aromatic heterocycles. The van der Waals surface area contributed by atoms with Crippen LogP contribution in [0.5, 0.6) is 0 Å². The average Bonchev–Trinajstić information content (AvgIpc) is 2.29. The maximum absolute atomic E-state index is 4.95. The van der Waals surface area contributed by atoms with E-state index >= 15 is 0 Å². The quantitative estimate of drug-likeness (QED) is 0.766. The van der Waals surface area contributed by atoms with E-state index in [9.17, 15) is 0 Å². The van der Waals surface area contributed by atoms with Gasteiger partial charge >= 0.3 is 0 Å².